The molecule has 138 valence electrons. The molecular weight excluding hydrogens is 352 g/mol. The number of nitrogens with zero attached hydrogens (tertiary/aromatic N) is 1. The predicted molar refractivity (Wildman–Crippen MR) is 102 cm³/mol. The average Bonchev–Trinajstić information content (AvgIpc) is 2.64. The van der Waals surface area contributed by atoms with E-state index in [1.54, 1.807) is 26.1 Å². The van der Waals surface area contributed by atoms with Crippen LogP contribution in [0.4, 0.5) is 0 Å². The van der Waals surface area contributed by atoms with Gasteiger partial charge in [-0.2, -0.15) is 0 Å². The lowest BCUT2D eigenvalue weighted by atomic mass is 10.1. The Kier molecular flexibility index (Phi) is 7.04. The van der Waals surface area contributed by atoms with Gasteiger partial charge in [-0.25, -0.2) is 0 Å². The molecule has 0 fully saturated rings. The molecule has 2 amide bonds. The number of halogens is 1. The molecule has 1 atom stereocenters. The molecule has 0 aliphatic heterocycles. The Balaban J connectivity index is 2.15. The molecule has 2 rings (SSSR count). The number of hydrogen-bond acceptors (Lipinski definition) is 3. The summed E-state index contributed by atoms with van der Waals surface area (Å²) in [5.41, 5.74) is 1.82. The molecule has 0 saturated heterocycles. The van der Waals surface area contributed by atoms with Crippen LogP contribution >= 0.6 is 11.6 Å². The number of nitrogens with one attached hydrogen (secondary N) is 1. The maximum absolute atomic E-state index is 12.8. The Labute approximate surface area is 158 Å². The minimum atomic E-state index is -0.648. The highest BCUT2D eigenvalue weighted by Gasteiger charge is 2.26. The second-order valence-corrected chi connectivity index (χ2v) is 6.42. The lowest BCUT2D eigenvalue weighted by Gasteiger charge is -2.28. The second-order valence-electron chi connectivity index (χ2n) is 6.01. The first-order valence-electron chi connectivity index (χ1n) is 8.36. The minimum Gasteiger partial charge on any atom is -0.484 e. The van der Waals surface area contributed by atoms with Crippen molar-refractivity contribution in [1.29, 1.82) is 0 Å². The molecule has 0 aromatic heterocycles. The Morgan fingerprint density at radius 3 is 2.58 bits per heavy atom. The van der Waals surface area contributed by atoms with Crippen molar-refractivity contribution in [3.63, 3.8) is 0 Å². The minimum absolute atomic E-state index is 0.157. The number of amides is 2. The molecule has 0 aliphatic carbocycles. The third-order valence-corrected chi connectivity index (χ3v) is 4.43. The van der Waals surface area contributed by atoms with Crippen molar-refractivity contribution in [3.05, 3.63) is 64.7 Å². The van der Waals surface area contributed by atoms with Crippen LogP contribution in [0.1, 0.15) is 18.1 Å². The van der Waals surface area contributed by atoms with Gasteiger partial charge in [0.1, 0.15) is 11.8 Å². The Morgan fingerprint density at radius 2 is 1.92 bits per heavy atom. The summed E-state index contributed by atoms with van der Waals surface area (Å²) in [7, 11) is 1.54. The Hall–Kier alpha value is -2.53. The number of carbonyl (C=O) groups excluding carboxylic acids is 2. The van der Waals surface area contributed by atoms with Gasteiger partial charge in [-0.3, -0.25) is 9.59 Å². The first-order valence-corrected chi connectivity index (χ1v) is 8.74. The molecule has 0 spiro atoms. The predicted octanol–water partition coefficient (Wildman–Crippen LogP) is 3.19. The van der Waals surface area contributed by atoms with Gasteiger partial charge in [0.2, 0.25) is 5.91 Å². The molecule has 0 bridgehead atoms. The van der Waals surface area contributed by atoms with Crippen LogP contribution in [0.3, 0.4) is 0 Å². The molecule has 0 radical (unpaired) electrons. The van der Waals surface area contributed by atoms with E-state index in [4.69, 9.17) is 16.3 Å². The van der Waals surface area contributed by atoms with E-state index in [0.29, 0.717) is 10.8 Å². The SMILES string of the molecule is CNC(=O)C(C)N(Cc1ccccc1Cl)C(=O)COc1cccc(C)c1. The Morgan fingerprint density at radius 1 is 1.19 bits per heavy atom. The highest BCUT2D eigenvalue weighted by Crippen LogP contribution is 2.19. The molecule has 0 heterocycles. The summed E-state index contributed by atoms with van der Waals surface area (Å²) >= 11 is 6.21. The zero-order valence-corrected chi connectivity index (χ0v) is 15.9. The number of carbonyl (C=O) groups is 2. The van der Waals surface area contributed by atoms with Crippen molar-refractivity contribution >= 4 is 23.4 Å². The highest BCUT2D eigenvalue weighted by molar-refractivity contribution is 6.31. The van der Waals surface area contributed by atoms with Gasteiger partial charge in [0.25, 0.3) is 5.91 Å². The van der Waals surface area contributed by atoms with Crippen LogP contribution in [0, 0.1) is 6.92 Å². The van der Waals surface area contributed by atoms with E-state index in [0.717, 1.165) is 11.1 Å². The van der Waals surface area contributed by atoms with Crippen molar-refractivity contribution in [1.82, 2.24) is 10.2 Å². The quantitative estimate of drug-likeness (QED) is 0.809. The number of rotatable bonds is 7. The van der Waals surface area contributed by atoms with E-state index < -0.39 is 6.04 Å². The van der Waals surface area contributed by atoms with Gasteiger partial charge >= 0.3 is 0 Å². The zero-order chi connectivity index (χ0) is 19.1. The maximum Gasteiger partial charge on any atom is 0.261 e. The van der Waals surface area contributed by atoms with E-state index in [1.165, 1.54) is 4.90 Å². The highest BCUT2D eigenvalue weighted by atomic mass is 35.5. The van der Waals surface area contributed by atoms with Gasteiger partial charge in [0.05, 0.1) is 0 Å². The molecule has 0 saturated carbocycles. The van der Waals surface area contributed by atoms with Crippen molar-refractivity contribution in [3.8, 4) is 5.75 Å². The summed E-state index contributed by atoms with van der Waals surface area (Å²) in [5.74, 6) is 0.0760. The third-order valence-electron chi connectivity index (χ3n) is 4.06. The van der Waals surface area contributed by atoms with Crippen LogP contribution in [0.2, 0.25) is 5.02 Å². The first-order chi connectivity index (χ1) is 12.4. The van der Waals surface area contributed by atoms with Crippen LogP contribution < -0.4 is 10.1 Å². The van der Waals surface area contributed by atoms with Crippen LogP contribution in [0.15, 0.2) is 48.5 Å². The molecule has 26 heavy (non-hydrogen) atoms. The lowest BCUT2D eigenvalue weighted by molar-refractivity contribution is -0.142. The topological polar surface area (TPSA) is 58.6 Å². The fourth-order valence-electron chi connectivity index (χ4n) is 2.53. The maximum atomic E-state index is 12.8. The fourth-order valence-corrected chi connectivity index (χ4v) is 2.73. The second kappa shape index (κ2) is 9.25. The monoisotopic (exact) mass is 374 g/mol. The van der Waals surface area contributed by atoms with Crippen LogP contribution in [0.5, 0.6) is 5.75 Å². The molecule has 0 aliphatic rings. The number of ether oxygens (including phenoxy) is 1. The molecular formula is C20H23ClN2O3. The van der Waals surface area contributed by atoms with Gasteiger partial charge in [0, 0.05) is 18.6 Å². The van der Waals surface area contributed by atoms with E-state index in [1.807, 2.05) is 43.3 Å². The molecule has 2 aromatic rings. The van der Waals surface area contributed by atoms with Crippen LogP contribution in [-0.2, 0) is 16.1 Å². The van der Waals surface area contributed by atoms with Crippen molar-refractivity contribution < 1.29 is 14.3 Å². The third kappa shape index (κ3) is 5.23. The summed E-state index contributed by atoms with van der Waals surface area (Å²) in [6.07, 6.45) is 0. The molecule has 1 N–H and O–H groups in total. The van der Waals surface area contributed by atoms with Crippen molar-refractivity contribution in [2.45, 2.75) is 26.4 Å². The summed E-state index contributed by atoms with van der Waals surface area (Å²) < 4.78 is 5.61. The molecule has 6 heteroatoms. The van der Waals surface area contributed by atoms with Crippen LogP contribution in [-0.4, -0.2) is 36.4 Å². The van der Waals surface area contributed by atoms with Gasteiger partial charge < -0.3 is 15.0 Å². The van der Waals surface area contributed by atoms with E-state index >= 15 is 0 Å². The Bertz CT molecular complexity index is 779. The van der Waals surface area contributed by atoms with E-state index in [2.05, 4.69) is 5.32 Å². The van der Waals surface area contributed by atoms with Gasteiger partial charge in [-0.05, 0) is 43.2 Å². The van der Waals surface area contributed by atoms with Crippen LogP contribution in [0.25, 0.3) is 0 Å². The van der Waals surface area contributed by atoms with Crippen molar-refractivity contribution in [2.24, 2.45) is 0 Å². The summed E-state index contributed by atoms with van der Waals surface area (Å²) in [6.45, 7) is 3.70. The number of aryl methyl sites for hydroxylation is 1. The van der Waals surface area contributed by atoms with Gasteiger partial charge in [-0.15, -0.1) is 0 Å². The fraction of sp³-hybridized carbons (Fsp3) is 0.300. The van der Waals surface area contributed by atoms with E-state index in [-0.39, 0.29) is 25.0 Å². The summed E-state index contributed by atoms with van der Waals surface area (Å²) in [5, 5.41) is 3.13. The molecule has 2 aromatic carbocycles. The summed E-state index contributed by atoms with van der Waals surface area (Å²) in [6, 6.07) is 14.1. The first kappa shape index (κ1) is 19.8. The van der Waals surface area contributed by atoms with Crippen molar-refractivity contribution in [2.75, 3.05) is 13.7 Å². The van der Waals surface area contributed by atoms with Gasteiger partial charge in [-0.1, -0.05) is 41.9 Å². The molecule has 5 nitrogen and oxygen atoms in total. The smallest absolute Gasteiger partial charge is 0.261 e. The zero-order valence-electron chi connectivity index (χ0n) is 15.2. The average molecular weight is 375 g/mol. The summed E-state index contributed by atoms with van der Waals surface area (Å²) in [4.78, 5) is 26.3. The number of hydrogen-bond donors (Lipinski definition) is 1. The lowest BCUT2D eigenvalue weighted by Crippen LogP contribution is -2.48. The number of likely N-dealkylation sites (N-methyl/N-ethyl adjacent to an activating group) is 1. The normalized spacial score (nSPS) is 11.5. The van der Waals surface area contributed by atoms with Gasteiger partial charge in [0.15, 0.2) is 6.61 Å². The molecule has 1 unspecified atom stereocenters. The van der Waals surface area contributed by atoms with E-state index in [9.17, 15) is 9.59 Å². The standard InChI is InChI=1S/C20H23ClN2O3/c1-14-7-6-9-17(11-14)26-13-19(24)23(15(2)20(25)22-3)12-16-8-4-5-10-18(16)21/h4-11,15H,12-13H2,1-3H3,(H,22,25). The largest absolute Gasteiger partial charge is 0.484 e. The number of benzene rings is 2.